The largest absolute Gasteiger partial charge is 0.496 e. The van der Waals surface area contributed by atoms with E-state index in [4.69, 9.17) is 10.5 Å². The van der Waals surface area contributed by atoms with Crippen molar-refractivity contribution in [2.75, 3.05) is 13.7 Å². The Labute approximate surface area is 181 Å². The van der Waals surface area contributed by atoms with Gasteiger partial charge in [0.05, 0.1) is 13.3 Å². The molecule has 3 rings (SSSR count). The highest BCUT2D eigenvalue weighted by atomic mass is 16.5. The lowest BCUT2D eigenvalue weighted by molar-refractivity contribution is -0.127. The minimum Gasteiger partial charge on any atom is -0.496 e. The van der Waals surface area contributed by atoms with Crippen molar-refractivity contribution in [2.45, 2.75) is 45.8 Å². The molecule has 6 N–H and O–H groups in total. The fourth-order valence-corrected chi connectivity index (χ4v) is 3.81. The lowest BCUT2D eigenvalue weighted by Gasteiger charge is -2.31. The van der Waals surface area contributed by atoms with Crippen LogP contribution in [0.2, 0.25) is 0 Å². The minimum absolute atomic E-state index is 0.0420. The maximum atomic E-state index is 13.0. The van der Waals surface area contributed by atoms with E-state index in [1.165, 1.54) is 0 Å². The lowest BCUT2D eigenvalue weighted by atomic mass is 9.85. The normalized spacial score (nSPS) is 18.4. The number of aromatic amines is 1. The van der Waals surface area contributed by atoms with Crippen molar-refractivity contribution < 1.29 is 19.1 Å². The van der Waals surface area contributed by atoms with Gasteiger partial charge in [-0.3, -0.25) is 14.4 Å². The van der Waals surface area contributed by atoms with E-state index in [1.54, 1.807) is 13.2 Å². The first-order chi connectivity index (χ1) is 14.6. The second-order valence-corrected chi connectivity index (χ2v) is 9.00. The number of ether oxygens (including phenoxy) is 1. The molecule has 0 radical (unpaired) electrons. The van der Waals surface area contributed by atoms with E-state index in [1.807, 2.05) is 39.0 Å². The molecule has 3 atom stereocenters. The summed E-state index contributed by atoms with van der Waals surface area (Å²) in [5.41, 5.74) is 6.61. The van der Waals surface area contributed by atoms with E-state index in [0.29, 0.717) is 30.8 Å². The predicted octanol–water partition coefficient (Wildman–Crippen LogP) is 1.25. The molecule has 1 aliphatic heterocycles. The van der Waals surface area contributed by atoms with E-state index >= 15 is 0 Å². The van der Waals surface area contributed by atoms with Crippen molar-refractivity contribution in [2.24, 2.45) is 17.1 Å². The molecule has 2 aromatic rings. The zero-order chi connectivity index (χ0) is 22.8. The predicted molar refractivity (Wildman–Crippen MR) is 117 cm³/mol. The summed E-state index contributed by atoms with van der Waals surface area (Å²) in [6.45, 7) is 6.21. The Kier molecular flexibility index (Phi) is 6.54. The highest BCUT2D eigenvalue weighted by Crippen LogP contribution is 2.26. The molecule has 3 amide bonds. The van der Waals surface area contributed by atoms with Crippen LogP contribution in [0, 0.1) is 11.3 Å². The van der Waals surface area contributed by atoms with Crippen molar-refractivity contribution in [3.05, 3.63) is 30.0 Å². The molecule has 1 aromatic heterocycles. The number of methoxy groups -OCH3 is 1. The summed E-state index contributed by atoms with van der Waals surface area (Å²) in [4.78, 5) is 40.7. The summed E-state index contributed by atoms with van der Waals surface area (Å²) in [6, 6.07) is 6.37. The molecule has 1 aliphatic rings. The number of hydrogen-bond acceptors (Lipinski definition) is 5. The highest BCUT2D eigenvalue weighted by molar-refractivity contribution is 6.01. The van der Waals surface area contributed by atoms with Crippen LogP contribution >= 0.6 is 0 Å². The molecule has 1 saturated heterocycles. The van der Waals surface area contributed by atoms with Gasteiger partial charge in [-0.15, -0.1) is 0 Å². The topological polar surface area (TPSA) is 138 Å². The van der Waals surface area contributed by atoms with Gasteiger partial charge in [0.1, 0.15) is 17.5 Å². The Bertz CT molecular complexity index is 978. The number of fused-ring (bicyclic) bond motifs is 1. The molecule has 0 saturated carbocycles. The zero-order valence-corrected chi connectivity index (χ0v) is 18.4. The van der Waals surface area contributed by atoms with Crippen LogP contribution in [0.15, 0.2) is 24.3 Å². The third-order valence-corrected chi connectivity index (χ3v) is 5.52. The van der Waals surface area contributed by atoms with Gasteiger partial charge in [0.25, 0.3) is 5.91 Å². The minimum atomic E-state index is -0.822. The lowest BCUT2D eigenvalue weighted by Crippen LogP contribution is -2.57. The Balaban J connectivity index is 1.71. The summed E-state index contributed by atoms with van der Waals surface area (Å²) < 4.78 is 5.34. The van der Waals surface area contributed by atoms with Crippen molar-refractivity contribution >= 4 is 28.6 Å². The fourth-order valence-electron chi connectivity index (χ4n) is 3.81. The molecule has 9 heteroatoms. The first-order valence-corrected chi connectivity index (χ1v) is 10.4. The Morgan fingerprint density at radius 2 is 2.03 bits per heavy atom. The molecular formula is C22H31N5O4. The van der Waals surface area contributed by atoms with Crippen LogP contribution in [0.3, 0.4) is 0 Å². The molecular weight excluding hydrogens is 398 g/mol. The van der Waals surface area contributed by atoms with Gasteiger partial charge in [-0.1, -0.05) is 26.8 Å². The van der Waals surface area contributed by atoms with Crippen LogP contribution in [0.25, 0.3) is 10.9 Å². The summed E-state index contributed by atoms with van der Waals surface area (Å²) in [7, 11) is 1.57. The molecule has 2 heterocycles. The monoisotopic (exact) mass is 429 g/mol. The van der Waals surface area contributed by atoms with Crippen LogP contribution < -0.4 is 26.4 Å². The van der Waals surface area contributed by atoms with Crippen LogP contribution in [-0.2, 0) is 9.59 Å². The standard InChI is InChI=1S/C22H31N5O4/c1-22(2,3)18(21(30)26-17(23)10-12-8-9-24-19(12)28)27-20(29)15-11-13-14(25-15)6-5-7-16(13)31-4/h5-7,11-12,17-18,25H,8-10,23H2,1-4H3,(H,24,28)(H,26,30)(H,27,29)/t12-,17-,18+/m0/s1. The van der Waals surface area contributed by atoms with E-state index in [0.717, 1.165) is 10.9 Å². The molecule has 0 spiro atoms. The van der Waals surface area contributed by atoms with Crippen LogP contribution in [-0.4, -0.2) is 48.6 Å². The number of rotatable bonds is 7. The van der Waals surface area contributed by atoms with Gasteiger partial charge < -0.3 is 31.4 Å². The molecule has 9 nitrogen and oxygen atoms in total. The Morgan fingerprint density at radius 1 is 1.29 bits per heavy atom. The molecule has 1 aromatic carbocycles. The van der Waals surface area contributed by atoms with Gasteiger partial charge in [0.15, 0.2) is 0 Å². The first kappa shape index (κ1) is 22.6. The third-order valence-electron chi connectivity index (χ3n) is 5.52. The summed E-state index contributed by atoms with van der Waals surface area (Å²) in [6.07, 6.45) is 0.371. The maximum absolute atomic E-state index is 13.0. The second-order valence-electron chi connectivity index (χ2n) is 9.00. The number of carbonyl (C=O) groups excluding carboxylic acids is 3. The zero-order valence-electron chi connectivity index (χ0n) is 18.4. The van der Waals surface area contributed by atoms with Crippen molar-refractivity contribution in [1.29, 1.82) is 0 Å². The van der Waals surface area contributed by atoms with Crippen LogP contribution in [0.4, 0.5) is 0 Å². The fraction of sp³-hybridized carbons (Fsp3) is 0.500. The maximum Gasteiger partial charge on any atom is 0.268 e. The highest BCUT2D eigenvalue weighted by Gasteiger charge is 2.35. The molecule has 0 aliphatic carbocycles. The van der Waals surface area contributed by atoms with Crippen molar-refractivity contribution in [3.8, 4) is 5.75 Å². The smallest absolute Gasteiger partial charge is 0.268 e. The quantitative estimate of drug-likeness (QED) is 0.422. The van der Waals surface area contributed by atoms with E-state index in [2.05, 4.69) is 20.9 Å². The Morgan fingerprint density at radius 3 is 2.65 bits per heavy atom. The number of nitrogens with one attached hydrogen (secondary N) is 4. The second kappa shape index (κ2) is 8.97. The van der Waals surface area contributed by atoms with E-state index in [9.17, 15) is 14.4 Å². The first-order valence-electron chi connectivity index (χ1n) is 10.4. The van der Waals surface area contributed by atoms with E-state index in [-0.39, 0.29) is 17.7 Å². The molecule has 0 bridgehead atoms. The SMILES string of the molecule is COc1cccc2[nH]c(C(=O)N[C@H](C(=O)N[C@H](N)C[C@@H]3CCNC3=O)C(C)(C)C)cc12. The number of amides is 3. The summed E-state index contributed by atoms with van der Waals surface area (Å²) in [5.74, 6) is -0.392. The van der Waals surface area contributed by atoms with Gasteiger partial charge in [-0.2, -0.15) is 0 Å². The molecule has 0 unspecified atom stereocenters. The van der Waals surface area contributed by atoms with Gasteiger partial charge in [0.2, 0.25) is 11.8 Å². The number of carbonyl (C=O) groups is 3. The van der Waals surface area contributed by atoms with Gasteiger partial charge in [0, 0.05) is 23.4 Å². The van der Waals surface area contributed by atoms with E-state index < -0.39 is 23.5 Å². The number of aromatic nitrogens is 1. The molecule has 168 valence electrons. The van der Waals surface area contributed by atoms with Crippen LogP contribution in [0.5, 0.6) is 5.75 Å². The molecule has 31 heavy (non-hydrogen) atoms. The Hall–Kier alpha value is -3.07. The average molecular weight is 430 g/mol. The summed E-state index contributed by atoms with van der Waals surface area (Å²) in [5, 5.41) is 9.11. The van der Waals surface area contributed by atoms with Gasteiger partial charge in [-0.05, 0) is 36.5 Å². The van der Waals surface area contributed by atoms with Gasteiger partial charge in [-0.25, -0.2) is 0 Å². The number of nitrogens with two attached hydrogens (primary N) is 1. The number of H-pyrrole nitrogens is 1. The number of hydrogen-bond donors (Lipinski definition) is 5. The summed E-state index contributed by atoms with van der Waals surface area (Å²) >= 11 is 0. The van der Waals surface area contributed by atoms with Crippen molar-refractivity contribution in [1.82, 2.24) is 20.9 Å². The van der Waals surface area contributed by atoms with Crippen LogP contribution in [0.1, 0.15) is 44.1 Å². The van der Waals surface area contributed by atoms with Gasteiger partial charge >= 0.3 is 0 Å². The van der Waals surface area contributed by atoms with Crippen molar-refractivity contribution in [3.63, 3.8) is 0 Å². The molecule has 1 fully saturated rings. The number of benzene rings is 1. The third kappa shape index (κ3) is 5.16. The average Bonchev–Trinajstić information content (AvgIpc) is 3.30.